The first kappa shape index (κ1) is 12.7. The van der Waals surface area contributed by atoms with Crippen molar-refractivity contribution in [3.63, 3.8) is 0 Å². The number of methoxy groups -OCH3 is 1. The molecule has 1 saturated carbocycles. The molecule has 0 unspecified atom stereocenters. The highest BCUT2D eigenvalue weighted by atomic mass is 35.5. The van der Waals surface area contributed by atoms with E-state index < -0.39 is 0 Å². The molecular weight excluding hydrogens is 236 g/mol. The maximum atomic E-state index is 9.41. The van der Waals surface area contributed by atoms with E-state index >= 15 is 0 Å². The van der Waals surface area contributed by atoms with E-state index in [2.05, 4.69) is 0 Å². The Morgan fingerprint density at radius 2 is 2.06 bits per heavy atom. The highest BCUT2D eigenvalue weighted by Gasteiger charge is 2.31. The first-order valence-corrected chi connectivity index (χ1v) is 6.36. The minimum absolute atomic E-state index is 0.0925. The third-order valence-corrected chi connectivity index (χ3v) is 3.79. The van der Waals surface area contributed by atoms with Crippen LogP contribution in [0, 0.1) is 0 Å². The summed E-state index contributed by atoms with van der Waals surface area (Å²) in [6, 6.07) is 3.98. The summed E-state index contributed by atoms with van der Waals surface area (Å²) < 4.78 is 5.44. The molecule has 1 N–H and O–H groups in total. The van der Waals surface area contributed by atoms with Crippen LogP contribution in [-0.2, 0) is 5.41 Å². The topological polar surface area (TPSA) is 29.5 Å². The van der Waals surface area contributed by atoms with Crippen LogP contribution in [0.15, 0.2) is 12.1 Å². The van der Waals surface area contributed by atoms with E-state index in [1.807, 2.05) is 26.0 Å². The quantitative estimate of drug-likeness (QED) is 0.891. The van der Waals surface area contributed by atoms with Crippen molar-refractivity contribution in [1.29, 1.82) is 0 Å². The average molecular weight is 255 g/mol. The molecule has 1 aromatic rings. The molecule has 0 spiro atoms. The van der Waals surface area contributed by atoms with Gasteiger partial charge < -0.3 is 9.84 Å². The van der Waals surface area contributed by atoms with Crippen LogP contribution >= 0.6 is 11.6 Å². The molecule has 0 saturated heterocycles. The number of halogens is 1. The van der Waals surface area contributed by atoms with E-state index in [9.17, 15) is 5.11 Å². The van der Waals surface area contributed by atoms with Gasteiger partial charge in [0.25, 0.3) is 0 Å². The summed E-state index contributed by atoms with van der Waals surface area (Å²) in [6.45, 7) is 4.08. The first-order valence-electron chi connectivity index (χ1n) is 5.98. The molecule has 0 atom stereocenters. The van der Waals surface area contributed by atoms with Crippen molar-refractivity contribution in [2.45, 2.75) is 38.0 Å². The summed E-state index contributed by atoms with van der Waals surface area (Å²) >= 11 is 6.35. The fourth-order valence-corrected chi connectivity index (χ4v) is 2.38. The summed E-state index contributed by atoms with van der Waals surface area (Å²) in [6.07, 6.45) is 2.39. The Labute approximate surface area is 108 Å². The Morgan fingerprint density at radius 3 is 2.53 bits per heavy atom. The van der Waals surface area contributed by atoms with Crippen LogP contribution < -0.4 is 4.74 Å². The molecule has 1 aliphatic rings. The maximum Gasteiger partial charge on any atom is 0.124 e. The fourth-order valence-electron chi connectivity index (χ4n) is 2.01. The second-order valence-electron chi connectivity index (χ2n) is 5.39. The second kappa shape index (κ2) is 4.51. The molecule has 0 amide bonds. The number of hydrogen-bond acceptors (Lipinski definition) is 2. The van der Waals surface area contributed by atoms with Crippen LogP contribution in [0.3, 0.4) is 0 Å². The van der Waals surface area contributed by atoms with Crippen LogP contribution in [0.1, 0.15) is 43.7 Å². The molecule has 94 valence electrons. The zero-order valence-corrected chi connectivity index (χ0v) is 11.3. The van der Waals surface area contributed by atoms with Crippen molar-refractivity contribution >= 4 is 11.6 Å². The molecule has 1 aliphatic carbocycles. The van der Waals surface area contributed by atoms with Crippen LogP contribution in [0.25, 0.3) is 0 Å². The predicted octanol–water partition coefficient (Wildman–Crippen LogP) is 3.50. The van der Waals surface area contributed by atoms with Gasteiger partial charge in [-0.15, -0.1) is 0 Å². The number of benzene rings is 1. The third kappa shape index (κ3) is 2.43. The van der Waals surface area contributed by atoms with Gasteiger partial charge in [0.2, 0.25) is 0 Å². The van der Waals surface area contributed by atoms with E-state index in [1.165, 1.54) is 12.8 Å². The molecule has 0 aliphatic heterocycles. The minimum Gasteiger partial charge on any atom is -0.496 e. The van der Waals surface area contributed by atoms with E-state index in [0.717, 1.165) is 21.9 Å². The Balaban J connectivity index is 2.48. The third-order valence-electron chi connectivity index (χ3n) is 3.47. The summed E-state index contributed by atoms with van der Waals surface area (Å²) in [5, 5.41) is 10.2. The van der Waals surface area contributed by atoms with Gasteiger partial charge in [0, 0.05) is 16.0 Å². The van der Waals surface area contributed by atoms with E-state index in [1.54, 1.807) is 7.11 Å². The summed E-state index contributed by atoms with van der Waals surface area (Å²) in [5.74, 6) is 1.42. The zero-order chi connectivity index (χ0) is 12.6. The maximum absolute atomic E-state index is 9.41. The Kier molecular flexibility index (Phi) is 3.37. The zero-order valence-electron chi connectivity index (χ0n) is 10.6. The van der Waals surface area contributed by atoms with Gasteiger partial charge in [-0.1, -0.05) is 25.4 Å². The lowest BCUT2D eigenvalue weighted by atomic mass is 9.84. The molecule has 0 bridgehead atoms. The molecule has 1 fully saturated rings. The van der Waals surface area contributed by atoms with Crippen LogP contribution in [-0.4, -0.2) is 18.8 Å². The normalized spacial score (nSPS) is 16.1. The Bertz CT molecular complexity index is 422. The van der Waals surface area contributed by atoms with Crippen molar-refractivity contribution < 1.29 is 9.84 Å². The van der Waals surface area contributed by atoms with Crippen molar-refractivity contribution in [2.24, 2.45) is 0 Å². The van der Waals surface area contributed by atoms with Gasteiger partial charge in [0.1, 0.15) is 5.75 Å². The largest absolute Gasteiger partial charge is 0.496 e. The monoisotopic (exact) mass is 254 g/mol. The molecule has 2 nitrogen and oxygen atoms in total. The van der Waals surface area contributed by atoms with Crippen LogP contribution in [0.4, 0.5) is 0 Å². The second-order valence-corrected chi connectivity index (χ2v) is 5.80. The Hall–Kier alpha value is -0.730. The molecule has 2 rings (SSSR count). The number of hydrogen-bond donors (Lipinski definition) is 1. The van der Waals surface area contributed by atoms with Crippen LogP contribution in [0.5, 0.6) is 5.75 Å². The first-order chi connectivity index (χ1) is 7.99. The van der Waals surface area contributed by atoms with Crippen molar-refractivity contribution in [1.82, 2.24) is 0 Å². The Morgan fingerprint density at radius 1 is 1.41 bits per heavy atom. The standard InChI is InChI=1S/C14H19ClO2/c1-14(2,8-16)10-6-11(15)13(9-4-5-9)12(7-10)17-3/h6-7,9,16H,4-5,8H2,1-3H3. The highest BCUT2D eigenvalue weighted by molar-refractivity contribution is 6.31. The smallest absolute Gasteiger partial charge is 0.124 e. The van der Waals surface area contributed by atoms with Crippen molar-refractivity contribution in [2.75, 3.05) is 13.7 Å². The van der Waals surface area contributed by atoms with Gasteiger partial charge in [-0.05, 0) is 36.5 Å². The summed E-state index contributed by atoms with van der Waals surface area (Å²) in [5.41, 5.74) is 1.86. The fraction of sp³-hybridized carbons (Fsp3) is 0.571. The molecule has 17 heavy (non-hydrogen) atoms. The molecule has 1 aromatic carbocycles. The van der Waals surface area contributed by atoms with E-state index in [4.69, 9.17) is 16.3 Å². The molecule has 0 heterocycles. The number of aliphatic hydroxyl groups excluding tert-OH is 1. The number of ether oxygens (including phenoxy) is 1. The summed E-state index contributed by atoms with van der Waals surface area (Å²) in [4.78, 5) is 0. The van der Waals surface area contributed by atoms with Crippen molar-refractivity contribution in [3.05, 3.63) is 28.3 Å². The van der Waals surface area contributed by atoms with Gasteiger partial charge in [-0.3, -0.25) is 0 Å². The number of aliphatic hydroxyl groups is 1. The molecule has 0 radical (unpaired) electrons. The number of rotatable bonds is 4. The van der Waals surface area contributed by atoms with E-state index in [-0.39, 0.29) is 12.0 Å². The lowest BCUT2D eigenvalue weighted by Gasteiger charge is -2.24. The average Bonchev–Trinajstić information content (AvgIpc) is 3.11. The van der Waals surface area contributed by atoms with E-state index in [0.29, 0.717) is 5.92 Å². The predicted molar refractivity (Wildman–Crippen MR) is 70.1 cm³/mol. The SMILES string of the molecule is COc1cc(C(C)(C)CO)cc(Cl)c1C1CC1. The van der Waals surface area contributed by atoms with Gasteiger partial charge >= 0.3 is 0 Å². The molecular formula is C14H19ClO2. The molecule has 3 heteroatoms. The lowest BCUT2D eigenvalue weighted by Crippen LogP contribution is -2.22. The van der Waals surface area contributed by atoms with Gasteiger partial charge in [0.15, 0.2) is 0 Å². The minimum atomic E-state index is -0.293. The van der Waals surface area contributed by atoms with Gasteiger partial charge in [-0.25, -0.2) is 0 Å². The highest BCUT2D eigenvalue weighted by Crippen LogP contribution is 2.48. The van der Waals surface area contributed by atoms with Crippen molar-refractivity contribution in [3.8, 4) is 5.75 Å². The lowest BCUT2D eigenvalue weighted by molar-refractivity contribution is 0.218. The van der Waals surface area contributed by atoms with Gasteiger partial charge in [-0.2, -0.15) is 0 Å². The van der Waals surface area contributed by atoms with Crippen LogP contribution in [0.2, 0.25) is 5.02 Å². The molecule has 0 aromatic heterocycles. The van der Waals surface area contributed by atoms with Gasteiger partial charge in [0.05, 0.1) is 13.7 Å². The summed E-state index contributed by atoms with van der Waals surface area (Å²) in [7, 11) is 1.67.